The zero-order valence-corrected chi connectivity index (χ0v) is 14.1. The minimum atomic E-state index is 0.848. The first kappa shape index (κ1) is 19.7. The van der Waals surface area contributed by atoms with Crippen molar-refractivity contribution in [2.24, 2.45) is 0 Å². The van der Waals surface area contributed by atoms with E-state index in [1.165, 1.54) is 38.0 Å². The van der Waals surface area contributed by atoms with Crippen LogP contribution in [-0.4, -0.2) is 0 Å². The predicted octanol–water partition coefficient (Wildman–Crippen LogP) is 5.92. The van der Waals surface area contributed by atoms with Gasteiger partial charge in [0.1, 0.15) is 0 Å². The Balaban J connectivity index is 4.12. The van der Waals surface area contributed by atoms with E-state index in [0.29, 0.717) is 0 Å². The molecule has 0 rings (SSSR count). The normalized spacial score (nSPS) is 9.43. The third kappa shape index (κ3) is 14.9. The molecule has 0 saturated carbocycles. The molecule has 0 aliphatic rings. The van der Waals surface area contributed by atoms with E-state index < -0.39 is 0 Å². The molecule has 0 heterocycles. The molecule has 0 nitrogen and oxygen atoms in total. The summed E-state index contributed by atoms with van der Waals surface area (Å²) in [6.07, 6.45) is 18.5. The Kier molecular flexibility index (Phi) is 15.7. The molecular formula is C21H31. The largest absolute Gasteiger partial charge is 0.120 e. The van der Waals surface area contributed by atoms with Crippen molar-refractivity contribution in [2.45, 2.75) is 90.9 Å². The first-order valence-corrected chi connectivity index (χ1v) is 8.57. The topological polar surface area (TPSA) is 0 Å². The standard InChI is InChI=1S/C21H31/c1-4-7-10-13-16-19-21(18-15-12-9-6-3)20-17-14-11-8-5-2/h3H,4-5,7-13,15,18,20H2,1-2H3. The van der Waals surface area contributed by atoms with Crippen LogP contribution in [0.4, 0.5) is 0 Å². The van der Waals surface area contributed by atoms with Crippen molar-refractivity contribution in [1.29, 1.82) is 0 Å². The van der Waals surface area contributed by atoms with Crippen LogP contribution in [0.3, 0.4) is 0 Å². The van der Waals surface area contributed by atoms with Crippen LogP contribution in [0.5, 0.6) is 0 Å². The molecule has 1 radical (unpaired) electrons. The van der Waals surface area contributed by atoms with E-state index in [1.54, 1.807) is 0 Å². The second kappa shape index (κ2) is 16.7. The molecule has 0 aromatic heterocycles. The molecule has 21 heavy (non-hydrogen) atoms. The zero-order valence-electron chi connectivity index (χ0n) is 14.1. The number of hydrogen-bond acceptors (Lipinski definition) is 0. The number of terminal acetylenes is 1. The first-order chi connectivity index (χ1) is 10.3. The van der Waals surface area contributed by atoms with Crippen molar-refractivity contribution in [1.82, 2.24) is 0 Å². The summed E-state index contributed by atoms with van der Waals surface area (Å²) in [5.74, 6) is 17.2. The number of hydrogen-bond donors (Lipinski definition) is 0. The molecule has 0 aliphatic heterocycles. The second-order valence-corrected chi connectivity index (χ2v) is 5.41. The van der Waals surface area contributed by atoms with Crippen LogP contribution in [0.25, 0.3) is 0 Å². The van der Waals surface area contributed by atoms with E-state index in [-0.39, 0.29) is 0 Å². The van der Waals surface area contributed by atoms with Crippen LogP contribution in [0.1, 0.15) is 90.9 Å². The monoisotopic (exact) mass is 283 g/mol. The minimum Gasteiger partial charge on any atom is -0.120 e. The lowest BCUT2D eigenvalue weighted by atomic mass is 9.98. The number of unbranched alkanes of at least 4 members (excludes halogenated alkanes) is 7. The summed E-state index contributed by atoms with van der Waals surface area (Å²) in [7, 11) is 0. The molecule has 0 spiro atoms. The first-order valence-electron chi connectivity index (χ1n) is 8.57. The lowest BCUT2D eigenvalue weighted by Gasteiger charge is -2.05. The molecule has 0 aliphatic carbocycles. The fourth-order valence-corrected chi connectivity index (χ4v) is 1.93. The lowest BCUT2D eigenvalue weighted by Crippen LogP contribution is -1.93. The van der Waals surface area contributed by atoms with Crippen LogP contribution in [0.2, 0.25) is 0 Å². The molecule has 0 heteroatoms. The van der Waals surface area contributed by atoms with Gasteiger partial charge < -0.3 is 0 Å². The van der Waals surface area contributed by atoms with Gasteiger partial charge in [0.2, 0.25) is 0 Å². The Labute approximate surface area is 133 Å². The van der Waals surface area contributed by atoms with Gasteiger partial charge in [0.25, 0.3) is 0 Å². The van der Waals surface area contributed by atoms with Gasteiger partial charge in [-0.2, -0.15) is 0 Å². The Bertz CT molecular complexity index is 374. The third-order valence-electron chi connectivity index (χ3n) is 3.30. The van der Waals surface area contributed by atoms with Gasteiger partial charge in [0.15, 0.2) is 0 Å². The van der Waals surface area contributed by atoms with Crippen LogP contribution in [0.15, 0.2) is 0 Å². The van der Waals surface area contributed by atoms with Gasteiger partial charge in [-0.3, -0.25) is 0 Å². The van der Waals surface area contributed by atoms with Gasteiger partial charge in [-0.05, 0) is 25.7 Å². The molecule has 0 fully saturated rings. The second-order valence-electron chi connectivity index (χ2n) is 5.41. The van der Waals surface area contributed by atoms with E-state index >= 15 is 0 Å². The fraction of sp³-hybridized carbons (Fsp3) is 0.667. The molecule has 0 unspecified atom stereocenters. The summed E-state index contributed by atoms with van der Waals surface area (Å²) >= 11 is 0. The molecule has 0 bridgehead atoms. The van der Waals surface area contributed by atoms with Crippen LogP contribution >= 0.6 is 0 Å². The highest BCUT2D eigenvalue weighted by molar-refractivity contribution is 5.25. The van der Waals surface area contributed by atoms with Crippen LogP contribution in [-0.2, 0) is 0 Å². The van der Waals surface area contributed by atoms with E-state index in [1.807, 2.05) is 0 Å². The van der Waals surface area contributed by atoms with Crippen molar-refractivity contribution in [3.63, 3.8) is 0 Å². The van der Waals surface area contributed by atoms with Gasteiger partial charge in [-0.15, -0.1) is 30.1 Å². The Morgan fingerprint density at radius 3 is 2.19 bits per heavy atom. The van der Waals surface area contributed by atoms with Crippen molar-refractivity contribution in [3.05, 3.63) is 5.92 Å². The quantitative estimate of drug-likeness (QED) is 0.345. The Hall–Kier alpha value is -1.32. The number of rotatable bonds is 10. The SMILES string of the molecule is C#CCCCC[C](C#CCCCCC)CC#CCCCC. The molecule has 0 amide bonds. The minimum absolute atomic E-state index is 0.848. The molecule has 0 aromatic rings. The summed E-state index contributed by atoms with van der Waals surface area (Å²) in [5, 5.41) is 0. The molecule has 0 N–H and O–H groups in total. The lowest BCUT2D eigenvalue weighted by molar-refractivity contribution is 0.713. The van der Waals surface area contributed by atoms with Crippen molar-refractivity contribution < 1.29 is 0 Å². The fourth-order valence-electron chi connectivity index (χ4n) is 1.93. The van der Waals surface area contributed by atoms with Crippen molar-refractivity contribution in [3.8, 4) is 36.0 Å². The van der Waals surface area contributed by atoms with E-state index in [4.69, 9.17) is 6.42 Å². The smallest absolute Gasteiger partial charge is 0.0597 e. The molecule has 115 valence electrons. The van der Waals surface area contributed by atoms with E-state index in [0.717, 1.165) is 44.9 Å². The highest BCUT2D eigenvalue weighted by Crippen LogP contribution is 2.15. The average Bonchev–Trinajstić information content (AvgIpc) is 2.50. The van der Waals surface area contributed by atoms with E-state index in [2.05, 4.69) is 43.4 Å². The summed E-state index contributed by atoms with van der Waals surface area (Å²) in [5.41, 5.74) is 0. The molecule has 0 aromatic carbocycles. The van der Waals surface area contributed by atoms with Crippen molar-refractivity contribution >= 4 is 0 Å². The predicted molar refractivity (Wildman–Crippen MR) is 94.4 cm³/mol. The third-order valence-corrected chi connectivity index (χ3v) is 3.30. The maximum atomic E-state index is 5.29. The zero-order chi connectivity index (χ0) is 15.6. The van der Waals surface area contributed by atoms with E-state index in [9.17, 15) is 0 Å². The van der Waals surface area contributed by atoms with Gasteiger partial charge in [-0.25, -0.2) is 0 Å². The van der Waals surface area contributed by atoms with Crippen molar-refractivity contribution in [2.75, 3.05) is 0 Å². The van der Waals surface area contributed by atoms with Gasteiger partial charge in [-0.1, -0.05) is 45.5 Å². The van der Waals surface area contributed by atoms with Gasteiger partial charge in [0, 0.05) is 25.7 Å². The van der Waals surface area contributed by atoms with Gasteiger partial charge in [0.05, 0.1) is 5.92 Å². The summed E-state index contributed by atoms with van der Waals surface area (Å²) in [6, 6.07) is 0. The molecular weight excluding hydrogens is 252 g/mol. The average molecular weight is 283 g/mol. The summed E-state index contributed by atoms with van der Waals surface area (Å²) < 4.78 is 0. The Morgan fingerprint density at radius 1 is 0.762 bits per heavy atom. The molecule has 0 atom stereocenters. The maximum Gasteiger partial charge on any atom is 0.0597 e. The van der Waals surface area contributed by atoms with Crippen LogP contribution in [0, 0.1) is 41.9 Å². The highest BCUT2D eigenvalue weighted by Gasteiger charge is 2.03. The van der Waals surface area contributed by atoms with Gasteiger partial charge >= 0.3 is 0 Å². The Morgan fingerprint density at radius 2 is 1.48 bits per heavy atom. The highest BCUT2D eigenvalue weighted by atomic mass is 14.1. The maximum absolute atomic E-state index is 5.29. The summed E-state index contributed by atoms with van der Waals surface area (Å²) in [6.45, 7) is 4.43. The summed E-state index contributed by atoms with van der Waals surface area (Å²) in [4.78, 5) is 0. The van der Waals surface area contributed by atoms with Crippen LogP contribution < -0.4 is 0 Å². The molecule has 0 saturated heterocycles.